The first kappa shape index (κ1) is 17.4. The number of carbonyl (C=O) groups is 3. The number of ether oxygens (including phenoxy) is 1. The largest absolute Gasteiger partial charge is 0.481 e. The molecule has 2 rings (SSSR count). The van der Waals surface area contributed by atoms with E-state index in [0.717, 1.165) is 16.7 Å². The number of benzene rings is 1. The molecule has 6 nitrogen and oxygen atoms in total. The molecule has 8 heteroatoms. The van der Waals surface area contributed by atoms with Crippen LogP contribution in [0.1, 0.15) is 5.56 Å². The van der Waals surface area contributed by atoms with Crippen molar-refractivity contribution in [1.82, 2.24) is 4.90 Å². The van der Waals surface area contributed by atoms with E-state index < -0.39 is 23.7 Å². The SMILES string of the molecule is C#CCN1C(=O)SC(=Cc2ccc(OCC(=O)O)c(I)c2)C1=O. The van der Waals surface area contributed by atoms with Gasteiger partial charge in [-0.15, -0.1) is 6.42 Å². The first-order valence-electron chi connectivity index (χ1n) is 6.25. The standard InChI is InChI=1S/C15H10INO5S/c1-2-5-17-14(20)12(23-15(17)21)7-9-3-4-11(10(16)6-9)22-8-13(18)19/h1,3-4,6-7H,5,8H2,(H,18,19). The number of hydrogen-bond acceptors (Lipinski definition) is 5. The Morgan fingerprint density at radius 1 is 1.48 bits per heavy atom. The van der Waals surface area contributed by atoms with Crippen LogP contribution in [-0.2, 0) is 9.59 Å². The Hall–Kier alpha value is -1.99. The van der Waals surface area contributed by atoms with E-state index in [0.29, 0.717) is 19.8 Å². The number of carbonyl (C=O) groups excluding carboxylic acids is 2. The number of hydrogen-bond donors (Lipinski definition) is 1. The van der Waals surface area contributed by atoms with Gasteiger partial charge in [0.1, 0.15) is 5.75 Å². The fourth-order valence-electron chi connectivity index (χ4n) is 1.74. The van der Waals surface area contributed by atoms with Crippen molar-refractivity contribution in [3.63, 3.8) is 0 Å². The van der Waals surface area contributed by atoms with Crippen LogP contribution in [0.2, 0.25) is 0 Å². The quantitative estimate of drug-likeness (QED) is 0.428. The number of aliphatic carboxylic acids is 1. The van der Waals surface area contributed by atoms with Gasteiger partial charge in [-0.3, -0.25) is 14.5 Å². The first-order valence-corrected chi connectivity index (χ1v) is 8.15. The van der Waals surface area contributed by atoms with Crippen LogP contribution in [0.3, 0.4) is 0 Å². The number of halogens is 1. The van der Waals surface area contributed by atoms with Crippen molar-refractivity contribution in [3.05, 3.63) is 32.2 Å². The summed E-state index contributed by atoms with van der Waals surface area (Å²) >= 11 is 2.84. The van der Waals surface area contributed by atoms with E-state index in [9.17, 15) is 14.4 Å². The topological polar surface area (TPSA) is 83.9 Å². The second-order valence-electron chi connectivity index (χ2n) is 4.34. The summed E-state index contributed by atoms with van der Waals surface area (Å²) < 4.78 is 5.82. The van der Waals surface area contributed by atoms with Crippen LogP contribution in [0.4, 0.5) is 4.79 Å². The van der Waals surface area contributed by atoms with Gasteiger partial charge in [-0.2, -0.15) is 0 Å². The van der Waals surface area contributed by atoms with Crippen molar-refractivity contribution in [2.24, 2.45) is 0 Å². The fraction of sp³-hybridized carbons (Fsp3) is 0.133. The van der Waals surface area contributed by atoms with Gasteiger partial charge in [-0.1, -0.05) is 12.0 Å². The van der Waals surface area contributed by atoms with Crippen molar-refractivity contribution >= 4 is 57.5 Å². The fourth-order valence-corrected chi connectivity index (χ4v) is 3.28. The number of carboxylic acids is 1. The van der Waals surface area contributed by atoms with Gasteiger partial charge in [-0.05, 0) is 58.1 Å². The molecule has 1 aromatic rings. The highest BCUT2D eigenvalue weighted by Crippen LogP contribution is 2.32. The van der Waals surface area contributed by atoms with Gasteiger partial charge in [0.2, 0.25) is 0 Å². The normalized spacial score (nSPS) is 15.8. The Kier molecular flexibility index (Phi) is 5.68. The average molecular weight is 443 g/mol. The van der Waals surface area contributed by atoms with Crippen LogP contribution in [0.15, 0.2) is 23.1 Å². The molecule has 23 heavy (non-hydrogen) atoms. The monoisotopic (exact) mass is 443 g/mol. The molecule has 1 aliphatic rings. The van der Waals surface area contributed by atoms with Crippen LogP contribution in [0, 0.1) is 15.9 Å². The lowest BCUT2D eigenvalue weighted by Gasteiger charge is -2.07. The Balaban J connectivity index is 2.19. The number of terminal acetylenes is 1. The second kappa shape index (κ2) is 7.52. The molecule has 0 bridgehead atoms. The first-order chi connectivity index (χ1) is 10.9. The molecule has 0 aliphatic carbocycles. The molecule has 0 atom stereocenters. The summed E-state index contributed by atoms with van der Waals surface area (Å²) in [5.41, 5.74) is 0.697. The highest BCUT2D eigenvalue weighted by atomic mass is 127. The van der Waals surface area contributed by atoms with Crippen molar-refractivity contribution in [1.29, 1.82) is 0 Å². The average Bonchev–Trinajstić information content (AvgIpc) is 2.74. The molecule has 1 saturated heterocycles. The van der Waals surface area contributed by atoms with E-state index in [1.807, 2.05) is 22.6 Å². The molecule has 118 valence electrons. The third-order valence-electron chi connectivity index (χ3n) is 2.73. The summed E-state index contributed by atoms with van der Waals surface area (Å²) in [6.45, 7) is -0.484. The minimum Gasteiger partial charge on any atom is -0.481 e. The molecule has 1 fully saturated rings. The lowest BCUT2D eigenvalue weighted by Crippen LogP contribution is -2.28. The van der Waals surface area contributed by atoms with Gasteiger partial charge in [0.15, 0.2) is 6.61 Å². The highest BCUT2D eigenvalue weighted by Gasteiger charge is 2.34. The zero-order valence-electron chi connectivity index (χ0n) is 11.6. The van der Waals surface area contributed by atoms with E-state index in [1.54, 1.807) is 24.3 Å². The minimum atomic E-state index is -1.06. The zero-order chi connectivity index (χ0) is 17.0. The van der Waals surface area contributed by atoms with E-state index in [1.165, 1.54) is 0 Å². The zero-order valence-corrected chi connectivity index (χ0v) is 14.6. The minimum absolute atomic E-state index is 0.0541. The third-order valence-corrected chi connectivity index (χ3v) is 4.48. The molecule has 1 aliphatic heterocycles. The molecule has 0 aromatic heterocycles. The van der Waals surface area contributed by atoms with Crippen LogP contribution < -0.4 is 4.74 Å². The molecule has 1 aromatic carbocycles. The molecule has 1 N–H and O–H groups in total. The van der Waals surface area contributed by atoms with Crippen LogP contribution in [-0.4, -0.2) is 40.3 Å². The summed E-state index contributed by atoms with van der Waals surface area (Å²) in [4.78, 5) is 35.6. The van der Waals surface area contributed by atoms with Crippen molar-refractivity contribution < 1.29 is 24.2 Å². The Morgan fingerprint density at radius 2 is 2.22 bits per heavy atom. The van der Waals surface area contributed by atoms with Crippen LogP contribution >= 0.6 is 34.4 Å². The van der Waals surface area contributed by atoms with Crippen LogP contribution in [0.5, 0.6) is 5.75 Å². The molecule has 0 radical (unpaired) electrons. The summed E-state index contributed by atoms with van der Waals surface area (Å²) in [5.74, 6) is 1.23. The Morgan fingerprint density at radius 3 is 2.83 bits per heavy atom. The predicted octanol–water partition coefficient (Wildman–Crippen LogP) is 2.42. The van der Waals surface area contributed by atoms with E-state index >= 15 is 0 Å². The summed E-state index contributed by atoms with van der Waals surface area (Å²) in [6, 6.07) is 5.02. The predicted molar refractivity (Wildman–Crippen MR) is 93.8 cm³/mol. The molecule has 1 heterocycles. The lowest BCUT2D eigenvalue weighted by molar-refractivity contribution is -0.139. The van der Waals surface area contributed by atoms with Gasteiger partial charge >= 0.3 is 5.97 Å². The molecule has 2 amide bonds. The number of thioether (sulfide) groups is 1. The summed E-state index contributed by atoms with van der Waals surface area (Å²) in [6.07, 6.45) is 6.72. The molecular formula is C15H10INO5S. The number of amides is 2. The molecule has 0 spiro atoms. The van der Waals surface area contributed by atoms with Crippen molar-refractivity contribution in [3.8, 4) is 18.1 Å². The van der Waals surface area contributed by atoms with Crippen molar-refractivity contribution in [2.75, 3.05) is 13.2 Å². The number of nitrogens with zero attached hydrogens (tertiary/aromatic N) is 1. The molecule has 0 unspecified atom stereocenters. The Labute approximate surface area is 150 Å². The molecular weight excluding hydrogens is 433 g/mol. The van der Waals surface area contributed by atoms with E-state index in [-0.39, 0.29) is 6.54 Å². The van der Waals surface area contributed by atoms with Crippen LogP contribution in [0.25, 0.3) is 6.08 Å². The lowest BCUT2D eigenvalue weighted by atomic mass is 10.2. The maximum atomic E-state index is 12.1. The highest BCUT2D eigenvalue weighted by molar-refractivity contribution is 14.1. The van der Waals surface area contributed by atoms with Crippen molar-refractivity contribution in [2.45, 2.75) is 0 Å². The number of carboxylic acid groups (broad SMARTS) is 1. The second-order valence-corrected chi connectivity index (χ2v) is 6.50. The third kappa shape index (κ3) is 4.27. The van der Waals surface area contributed by atoms with Gasteiger partial charge in [0.05, 0.1) is 15.0 Å². The maximum absolute atomic E-state index is 12.1. The van der Waals surface area contributed by atoms with Gasteiger partial charge < -0.3 is 9.84 Å². The molecule has 0 saturated carbocycles. The number of rotatable bonds is 5. The Bertz CT molecular complexity index is 753. The van der Waals surface area contributed by atoms with Gasteiger partial charge in [0.25, 0.3) is 11.1 Å². The van der Waals surface area contributed by atoms with Gasteiger partial charge in [-0.25, -0.2) is 4.79 Å². The summed E-state index contributed by atoms with van der Waals surface area (Å²) in [7, 11) is 0. The van der Waals surface area contributed by atoms with E-state index in [2.05, 4.69) is 5.92 Å². The van der Waals surface area contributed by atoms with Gasteiger partial charge in [0, 0.05) is 0 Å². The maximum Gasteiger partial charge on any atom is 0.341 e. The summed E-state index contributed by atoms with van der Waals surface area (Å²) in [5, 5.41) is 8.21. The smallest absolute Gasteiger partial charge is 0.341 e. The number of imide groups is 1. The van der Waals surface area contributed by atoms with E-state index in [4.69, 9.17) is 16.3 Å².